The zero-order valence-electron chi connectivity index (χ0n) is 25.2. The van der Waals surface area contributed by atoms with Gasteiger partial charge in [-0.05, 0) is 43.7 Å². The van der Waals surface area contributed by atoms with Crippen molar-refractivity contribution in [3.63, 3.8) is 0 Å². The summed E-state index contributed by atoms with van der Waals surface area (Å²) in [5.41, 5.74) is 9.91. The van der Waals surface area contributed by atoms with E-state index in [2.05, 4.69) is 177 Å². The molecular weight excluding hydrogens is 572 g/mol. The van der Waals surface area contributed by atoms with Gasteiger partial charge in [0.1, 0.15) is 0 Å². The maximum Gasteiger partial charge on any atom is 0.215 e. The summed E-state index contributed by atoms with van der Waals surface area (Å²) in [4.78, 5) is 2.39. The van der Waals surface area contributed by atoms with Gasteiger partial charge in [-0.2, -0.15) is 4.58 Å². The molecule has 2 aliphatic heterocycles. The third-order valence-corrected chi connectivity index (χ3v) is 8.16. The number of anilines is 2. The Morgan fingerprint density at radius 2 is 1.16 bits per heavy atom. The number of rotatable bonds is 5. The van der Waals surface area contributed by atoms with E-state index in [1.165, 1.54) is 45.3 Å². The molecule has 224 valence electrons. The standard InChI is InChI=1S/C37H35N2.ClHO4/c1-36(2)30-22-14-16-24-32(30)38(28-18-8-5-9-19-28)34(36)26-12-7-13-27-35-37(3,4)31-23-15-17-25-33(31)39(35)29-20-10-6-11-21-29;2-1(3,4)5/h5-27H,1-4H3;(H,2,3,4,5)/q+1;/p-1. The summed E-state index contributed by atoms with van der Waals surface area (Å²) in [5.74, 6) is 0. The Kier molecular flexibility index (Phi) is 8.75. The number of fused-ring (bicyclic) bond motifs is 2. The number of benzene rings is 4. The minimum Gasteiger partial charge on any atom is -0.313 e. The molecule has 0 bridgehead atoms. The average molecular weight is 607 g/mol. The molecule has 6 nitrogen and oxygen atoms in total. The molecule has 4 aromatic carbocycles. The summed E-state index contributed by atoms with van der Waals surface area (Å²) >= 11 is 0. The van der Waals surface area contributed by atoms with Crippen LogP contribution in [-0.2, 0) is 10.8 Å². The average Bonchev–Trinajstić information content (AvgIpc) is 3.36. The van der Waals surface area contributed by atoms with E-state index in [0.29, 0.717) is 0 Å². The molecule has 44 heavy (non-hydrogen) atoms. The number of hydrogen-bond acceptors (Lipinski definition) is 5. The Morgan fingerprint density at radius 3 is 1.82 bits per heavy atom. The summed E-state index contributed by atoms with van der Waals surface area (Å²) in [6, 6.07) is 38.8. The van der Waals surface area contributed by atoms with Gasteiger partial charge in [0.05, 0.1) is 5.41 Å². The highest BCUT2D eigenvalue weighted by Crippen LogP contribution is 2.51. The third kappa shape index (κ3) is 6.31. The normalized spacial score (nSPS) is 17.6. The van der Waals surface area contributed by atoms with Crippen molar-refractivity contribution >= 4 is 28.5 Å². The topological polar surface area (TPSA) is 98.5 Å². The van der Waals surface area contributed by atoms with Gasteiger partial charge in [0.25, 0.3) is 0 Å². The lowest BCUT2D eigenvalue weighted by atomic mass is 9.81. The fraction of sp³-hybridized carbons (Fsp3) is 0.162. The van der Waals surface area contributed by atoms with Crippen LogP contribution in [0.3, 0.4) is 0 Å². The van der Waals surface area contributed by atoms with Crippen molar-refractivity contribution in [3.05, 3.63) is 156 Å². The molecule has 0 aromatic heterocycles. The van der Waals surface area contributed by atoms with Crippen LogP contribution in [0.4, 0.5) is 22.7 Å². The van der Waals surface area contributed by atoms with E-state index in [1.54, 1.807) is 0 Å². The second-order valence-corrected chi connectivity index (χ2v) is 12.4. The maximum absolute atomic E-state index is 8.49. The molecule has 0 radical (unpaired) electrons. The summed E-state index contributed by atoms with van der Waals surface area (Å²) in [6.45, 7) is 9.26. The Balaban J connectivity index is 0.000000712. The summed E-state index contributed by atoms with van der Waals surface area (Å²) < 4.78 is 36.4. The predicted molar refractivity (Wildman–Crippen MR) is 167 cm³/mol. The van der Waals surface area contributed by atoms with Crippen LogP contribution in [0, 0.1) is 10.2 Å². The van der Waals surface area contributed by atoms with E-state index < -0.39 is 10.2 Å². The zero-order valence-corrected chi connectivity index (χ0v) is 25.9. The molecule has 2 aliphatic rings. The van der Waals surface area contributed by atoms with Gasteiger partial charge in [0.15, 0.2) is 5.71 Å². The largest absolute Gasteiger partial charge is 0.313 e. The molecule has 0 N–H and O–H groups in total. The monoisotopic (exact) mass is 606 g/mol. The molecule has 7 heteroatoms. The van der Waals surface area contributed by atoms with Crippen LogP contribution in [0.25, 0.3) is 0 Å². The van der Waals surface area contributed by atoms with Crippen LogP contribution < -0.4 is 28.1 Å². The van der Waals surface area contributed by atoms with E-state index in [-0.39, 0.29) is 10.8 Å². The third-order valence-electron chi connectivity index (χ3n) is 8.16. The van der Waals surface area contributed by atoms with Crippen molar-refractivity contribution in [1.82, 2.24) is 4.58 Å². The van der Waals surface area contributed by atoms with Gasteiger partial charge in [-0.3, -0.25) is 0 Å². The van der Waals surface area contributed by atoms with Gasteiger partial charge < -0.3 is 4.90 Å². The molecule has 0 saturated heterocycles. The van der Waals surface area contributed by atoms with Crippen molar-refractivity contribution in [2.45, 2.75) is 38.5 Å². The van der Waals surface area contributed by atoms with Gasteiger partial charge in [-0.15, -0.1) is 10.2 Å². The zero-order chi connectivity index (χ0) is 31.5. The van der Waals surface area contributed by atoms with Crippen LogP contribution in [0.2, 0.25) is 0 Å². The lowest BCUT2D eigenvalue weighted by molar-refractivity contribution is -2.00. The van der Waals surface area contributed by atoms with E-state index >= 15 is 0 Å². The predicted octanol–water partition coefficient (Wildman–Crippen LogP) is 4.62. The first-order valence-corrected chi connectivity index (χ1v) is 15.6. The summed E-state index contributed by atoms with van der Waals surface area (Å²) in [6.07, 6.45) is 11.1. The fourth-order valence-corrected chi connectivity index (χ4v) is 6.12. The fourth-order valence-electron chi connectivity index (χ4n) is 6.12. The Morgan fingerprint density at radius 1 is 0.614 bits per heavy atom. The highest BCUT2D eigenvalue weighted by Gasteiger charge is 2.45. The number of hydrogen-bond donors (Lipinski definition) is 0. The quantitative estimate of drug-likeness (QED) is 0.244. The van der Waals surface area contributed by atoms with Gasteiger partial charge in [-0.25, -0.2) is 18.6 Å². The second kappa shape index (κ2) is 12.4. The van der Waals surface area contributed by atoms with Gasteiger partial charge in [0, 0.05) is 52.3 Å². The van der Waals surface area contributed by atoms with Gasteiger partial charge in [-0.1, -0.05) is 105 Å². The van der Waals surface area contributed by atoms with Crippen molar-refractivity contribution < 1.29 is 28.9 Å². The van der Waals surface area contributed by atoms with Crippen LogP contribution in [0.15, 0.2) is 145 Å². The van der Waals surface area contributed by atoms with Crippen LogP contribution in [0.1, 0.15) is 38.8 Å². The van der Waals surface area contributed by atoms with Crippen LogP contribution in [0.5, 0.6) is 0 Å². The highest BCUT2D eigenvalue weighted by atomic mass is 35.7. The molecule has 0 unspecified atom stereocenters. The SMILES string of the molecule is CC1(C)C(/C=C/C=C/C=C2/N(c3ccccc3)c3ccccc3C2(C)C)=[N+](c2ccccc2)c2ccccc21.[O-][Cl+3]([O-])([O-])[O-]. The molecule has 0 saturated carbocycles. The number of allylic oxidation sites excluding steroid dienone is 6. The molecule has 0 spiro atoms. The molecule has 0 atom stereocenters. The van der Waals surface area contributed by atoms with Crippen LogP contribution in [-0.4, -0.2) is 5.71 Å². The molecule has 4 aromatic rings. The van der Waals surface area contributed by atoms with E-state index in [9.17, 15) is 0 Å². The Labute approximate surface area is 261 Å². The minimum atomic E-state index is -4.94. The summed E-state index contributed by atoms with van der Waals surface area (Å²) in [5, 5.41) is 0. The molecule has 0 amide bonds. The van der Waals surface area contributed by atoms with Gasteiger partial charge >= 0.3 is 0 Å². The lowest BCUT2D eigenvalue weighted by Gasteiger charge is -2.27. The van der Waals surface area contributed by atoms with Crippen molar-refractivity contribution in [2.75, 3.05) is 4.90 Å². The van der Waals surface area contributed by atoms with E-state index in [1.807, 2.05) is 0 Å². The second-order valence-electron chi connectivity index (χ2n) is 11.7. The lowest BCUT2D eigenvalue weighted by Crippen LogP contribution is -2.68. The molecule has 2 heterocycles. The number of nitrogens with zero attached hydrogens (tertiary/aromatic N) is 2. The number of halogens is 1. The Hall–Kier alpha value is -4.30. The molecule has 0 fully saturated rings. The maximum atomic E-state index is 8.49. The van der Waals surface area contributed by atoms with Crippen molar-refractivity contribution in [3.8, 4) is 0 Å². The van der Waals surface area contributed by atoms with Gasteiger partial charge in [0.2, 0.25) is 11.4 Å². The smallest absolute Gasteiger partial charge is 0.215 e. The first kappa shape index (κ1) is 31.1. The Bertz CT molecular complexity index is 1750. The molecular formula is C37H35ClN2O4. The first-order valence-electron chi connectivity index (χ1n) is 14.3. The number of para-hydroxylation sites is 4. The highest BCUT2D eigenvalue weighted by molar-refractivity contribution is 6.10. The molecule has 6 rings (SSSR count). The minimum absolute atomic E-state index is 0.103. The summed E-state index contributed by atoms with van der Waals surface area (Å²) in [7, 11) is -4.94. The van der Waals surface area contributed by atoms with Crippen LogP contribution >= 0.6 is 0 Å². The van der Waals surface area contributed by atoms with E-state index in [4.69, 9.17) is 18.6 Å². The first-order chi connectivity index (χ1) is 20.9. The van der Waals surface area contributed by atoms with Crippen molar-refractivity contribution in [1.29, 1.82) is 0 Å². The van der Waals surface area contributed by atoms with Crippen molar-refractivity contribution in [2.24, 2.45) is 0 Å². The molecule has 0 aliphatic carbocycles. The van der Waals surface area contributed by atoms with E-state index in [0.717, 1.165) is 0 Å².